The number of hydrogen-bond acceptors (Lipinski definition) is 6. The van der Waals surface area contributed by atoms with Gasteiger partial charge in [-0.1, -0.05) is 0 Å². The van der Waals surface area contributed by atoms with Gasteiger partial charge in [-0.2, -0.15) is 0 Å². The number of primary amides is 1. The van der Waals surface area contributed by atoms with Gasteiger partial charge >= 0.3 is 0 Å². The largest absolute Gasteiger partial charge is 0.395 e. The van der Waals surface area contributed by atoms with Gasteiger partial charge in [-0.15, -0.1) is 0 Å². The summed E-state index contributed by atoms with van der Waals surface area (Å²) >= 11 is 0. The summed E-state index contributed by atoms with van der Waals surface area (Å²) in [5.41, 5.74) is 8.53. The highest BCUT2D eigenvalue weighted by Gasteiger charge is 2.10. The lowest BCUT2D eigenvalue weighted by Gasteiger charge is -2.14. The average molecular weight is 427 g/mol. The van der Waals surface area contributed by atoms with Crippen molar-refractivity contribution in [3.05, 3.63) is 77.5 Å². The fourth-order valence-electron chi connectivity index (χ4n) is 2.98. The normalized spacial score (nSPS) is 10.5. The van der Waals surface area contributed by atoms with Crippen LogP contribution in [0.2, 0.25) is 0 Å². The summed E-state index contributed by atoms with van der Waals surface area (Å²) < 4.78 is 26.9. The molecule has 31 heavy (non-hydrogen) atoms. The fourth-order valence-corrected chi connectivity index (χ4v) is 2.98. The summed E-state index contributed by atoms with van der Waals surface area (Å²) in [5.74, 6) is -1.34. The number of aliphatic hydroxyl groups excluding tert-OH is 1. The molecule has 0 unspecified atom stereocenters. The molecule has 1 amide bonds. The first-order valence-corrected chi connectivity index (χ1v) is 9.61. The highest BCUT2D eigenvalue weighted by molar-refractivity contribution is 5.79. The summed E-state index contributed by atoms with van der Waals surface area (Å²) in [5, 5.41) is 18.2. The van der Waals surface area contributed by atoms with Crippen molar-refractivity contribution in [1.82, 2.24) is 4.98 Å². The predicted molar refractivity (Wildman–Crippen MR) is 116 cm³/mol. The molecule has 0 saturated carbocycles. The van der Waals surface area contributed by atoms with Gasteiger partial charge in [0.05, 0.1) is 13.0 Å². The molecule has 0 aliphatic rings. The third-order valence-corrected chi connectivity index (χ3v) is 4.35. The lowest BCUT2D eigenvalue weighted by Crippen LogP contribution is -2.15. The van der Waals surface area contributed by atoms with Crippen LogP contribution in [0.4, 0.5) is 31.7 Å². The summed E-state index contributed by atoms with van der Waals surface area (Å²) in [6, 6.07) is 12.4. The lowest BCUT2D eigenvalue weighted by atomic mass is 10.1. The Kier molecular flexibility index (Phi) is 7.34. The smallest absolute Gasteiger partial charge is 0.221 e. The molecular formula is C22H23F2N5O2. The van der Waals surface area contributed by atoms with Crippen molar-refractivity contribution in [1.29, 1.82) is 0 Å². The fraction of sp³-hybridized carbons (Fsp3) is 0.182. The minimum absolute atomic E-state index is 0.0294. The van der Waals surface area contributed by atoms with E-state index in [4.69, 9.17) is 10.8 Å². The van der Waals surface area contributed by atoms with Crippen LogP contribution in [0.5, 0.6) is 0 Å². The van der Waals surface area contributed by atoms with Gasteiger partial charge in [-0.05, 0) is 42.0 Å². The molecule has 1 aromatic heterocycles. The van der Waals surface area contributed by atoms with Crippen molar-refractivity contribution in [3.63, 3.8) is 0 Å². The summed E-state index contributed by atoms with van der Waals surface area (Å²) in [6.07, 6.45) is 1.50. The van der Waals surface area contributed by atoms with Crippen LogP contribution in [0.25, 0.3) is 0 Å². The third-order valence-electron chi connectivity index (χ3n) is 4.35. The number of aromatic nitrogens is 1. The second-order valence-electron chi connectivity index (χ2n) is 6.85. The van der Waals surface area contributed by atoms with Crippen molar-refractivity contribution >= 4 is 28.8 Å². The first kappa shape index (κ1) is 22.0. The van der Waals surface area contributed by atoms with Crippen molar-refractivity contribution < 1.29 is 18.7 Å². The first-order valence-electron chi connectivity index (χ1n) is 9.61. The Morgan fingerprint density at radius 3 is 2.32 bits per heavy atom. The van der Waals surface area contributed by atoms with Crippen LogP contribution in [0.1, 0.15) is 11.1 Å². The lowest BCUT2D eigenvalue weighted by molar-refractivity contribution is -0.117. The van der Waals surface area contributed by atoms with Gasteiger partial charge < -0.3 is 26.8 Å². The number of hydrogen-bond donors (Lipinski definition) is 5. The number of anilines is 4. The molecule has 6 N–H and O–H groups in total. The number of aliphatic hydroxyl groups is 1. The molecule has 0 saturated heterocycles. The Morgan fingerprint density at radius 1 is 1.00 bits per heavy atom. The summed E-state index contributed by atoms with van der Waals surface area (Å²) in [6.45, 7) is 0.647. The number of nitrogens with zero attached hydrogens (tertiary/aromatic N) is 1. The van der Waals surface area contributed by atoms with Gasteiger partial charge in [0.25, 0.3) is 0 Å². The van der Waals surface area contributed by atoms with Crippen molar-refractivity contribution in [2.75, 3.05) is 29.1 Å². The molecule has 3 aromatic rings. The molecule has 0 aliphatic heterocycles. The molecule has 0 aliphatic carbocycles. The van der Waals surface area contributed by atoms with E-state index in [1.165, 1.54) is 18.3 Å². The van der Waals surface area contributed by atoms with Crippen molar-refractivity contribution in [2.24, 2.45) is 5.73 Å². The van der Waals surface area contributed by atoms with Crippen molar-refractivity contribution in [2.45, 2.75) is 13.0 Å². The molecule has 0 spiro atoms. The van der Waals surface area contributed by atoms with Gasteiger partial charge in [-0.3, -0.25) is 4.79 Å². The Bertz CT molecular complexity index is 1020. The number of benzene rings is 2. The zero-order chi connectivity index (χ0) is 22.2. The Labute approximate surface area is 178 Å². The Morgan fingerprint density at radius 2 is 1.68 bits per heavy atom. The number of pyridine rings is 1. The molecule has 0 atom stereocenters. The highest BCUT2D eigenvalue weighted by atomic mass is 19.1. The second kappa shape index (κ2) is 10.4. The van der Waals surface area contributed by atoms with E-state index in [0.717, 1.165) is 17.4 Å². The molecule has 1 heterocycles. The number of carbonyl (C=O) groups excluding carboxylic acids is 1. The molecule has 162 valence electrons. The number of amides is 1. The van der Waals surface area contributed by atoms with E-state index in [-0.39, 0.29) is 19.6 Å². The zero-order valence-corrected chi connectivity index (χ0v) is 16.7. The SMILES string of the molecule is NC(=O)Cc1cnc(Nc2ccc(NCCO)cc2)cc1NCc1cc(F)cc(F)c1. The second-order valence-corrected chi connectivity index (χ2v) is 6.85. The number of carbonyl (C=O) groups is 1. The number of rotatable bonds is 10. The van der Waals surface area contributed by atoms with E-state index >= 15 is 0 Å². The van der Waals surface area contributed by atoms with Crippen LogP contribution in [-0.2, 0) is 17.8 Å². The minimum Gasteiger partial charge on any atom is -0.395 e. The van der Waals surface area contributed by atoms with Gasteiger partial charge in [0, 0.05) is 54.0 Å². The van der Waals surface area contributed by atoms with Gasteiger partial charge in [-0.25, -0.2) is 13.8 Å². The quantitative estimate of drug-likeness (QED) is 0.340. The number of nitrogens with two attached hydrogens (primary N) is 1. The molecule has 0 radical (unpaired) electrons. The van der Waals surface area contributed by atoms with E-state index in [2.05, 4.69) is 20.9 Å². The zero-order valence-electron chi connectivity index (χ0n) is 16.7. The predicted octanol–water partition coefficient (Wildman–Crippen LogP) is 3.15. The molecular weight excluding hydrogens is 404 g/mol. The van der Waals surface area contributed by atoms with Crippen LogP contribution >= 0.6 is 0 Å². The van der Waals surface area contributed by atoms with E-state index in [1.54, 1.807) is 6.07 Å². The van der Waals surface area contributed by atoms with Crippen LogP contribution in [-0.4, -0.2) is 29.1 Å². The monoisotopic (exact) mass is 427 g/mol. The van der Waals surface area contributed by atoms with Gasteiger partial charge in [0.2, 0.25) is 5.91 Å². The maximum absolute atomic E-state index is 13.4. The topological polar surface area (TPSA) is 112 Å². The molecule has 3 rings (SSSR count). The van der Waals surface area contributed by atoms with E-state index in [9.17, 15) is 13.6 Å². The number of halogens is 2. The van der Waals surface area contributed by atoms with Crippen molar-refractivity contribution in [3.8, 4) is 0 Å². The molecule has 0 fully saturated rings. The van der Waals surface area contributed by atoms with E-state index in [1.807, 2.05) is 24.3 Å². The molecule has 9 heteroatoms. The number of nitrogens with one attached hydrogen (secondary N) is 3. The van der Waals surface area contributed by atoms with Gasteiger partial charge in [0.15, 0.2) is 0 Å². The molecule has 7 nitrogen and oxygen atoms in total. The van der Waals surface area contributed by atoms with Gasteiger partial charge in [0.1, 0.15) is 17.5 Å². The third kappa shape index (κ3) is 6.65. The Balaban J connectivity index is 1.76. The van der Waals surface area contributed by atoms with Crippen LogP contribution in [0.15, 0.2) is 54.7 Å². The maximum atomic E-state index is 13.4. The van der Waals surface area contributed by atoms with E-state index in [0.29, 0.717) is 29.2 Å². The summed E-state index contributed by atoms with van der Waals surface area (Å²) in [7, 11) is 0. The highest BCUT2D eigenvalue weighted by Crippen LogP contribution is 2.24. The van der Waals surface area contributed by atoms with Crippen LogP contribution in [0.3, 0.4) is 0 Å². The van der Waals surface area contributed by atoms with Crippen LogP contribution < -0.4 is 21.7 Å². The average Bonchev–Trinajstić information content (AvgIpc) is 2.72. The molecule has 0 bridgehead atoms. The maximum Gasteiger partial charge on any atom is 0.221 e. The van der Waals surface area contributed by atoms with Crippen LogP contribution in [0, 0.1) is 11.6 Å². The Hall–Kier alpha value is -3.72. The standard InChI is InChI=1S/C22H23F2N5O2/c23-16-7-14(8-17(24)10-16)12-27-20-11-22(28-13-15(20)9-21(25)31)29-19-3-1-18(2-4-19)26-5-6-30/h1-4,7-8,10-11,13,26,30H,5-6,9,12H2,(H2,25,31)(H2,27,28,29). The van der Waals surface area contributed by atoms with E-state index < -0.39 is 17.5 Å². The minimum atomic E-state index is -0.664. The first-order chi connectivity index (χ1) is 14.9. The molecule has 2 aromatic carbocycles. The summed E-state index contributed by atoms with van der Waals surface area (Å²) in [4.78, 5) is 15.7.